The van der Waals surface area contributed by atoms with Gasteiger partial charge in [0.05, 0.1) is 17.1 Å². The number of hydrogen-bond acceptors (Lipinski definition) is 4. The van der Waals surface area contributed by atoms with Crippen LogP contribution in [0.25, 0.3) is 10.2 Å². The largest absolute Gasteiger partial charge is 0.378 e. The Morgan fingerprint density at radius 1 is 1.40 bits per heavy atom. The topological polar surface area (TPSA) is 57.8 Å². The Kier molecular flexibility index (Phi) is 3.78. The number of anilines is 1. The van der Waals surface area contributed by atoms with E-state index in [4.69, 9.17) is 11.6 Å². The molecule has 0 saturated carbocycles. The standard InChI is InChI=1S/C13H9BrClN3OS/c14-8-5-7(1-2-9(8)15)16-6-11-17-10-3-4-20-12(10)13(19)18-11/h1-5,16H,6H2,(H,17,18,19). The first-order valence-corrected chi connectivity index (χ1v) is 7.84. The average molecular weight is 371 g/mol. The minimum absolute atomic E-state index is 0.0981. The quantitative estimate of drug-likeness (QED) is 0.732. The lowest BCUT2D eigenvalue weighted by Gasteiger charge is -2.07. The molecule has 4 nitrogen and oxygen atoms in total. The number of rotatable bonds is 3. The van der Waals surface area contributed by atoms with Crippen molar-refractivity contribution in [3.05, 3.63) is 55.3 Å². The minimum atomic E-state index is -0.0981. The third-order valence-corrected chi connectivity index (χ3v) is 4.86. The number of nitrogens with zero attached hydrogens (tertiary/aromatic N) is 1. The number of hydrogen-bond donors (Lipinski definition) is 2. The van der Waals surface area contributed by atoms with Crippen molar-refractivity contribution in [2.24, 2.45) is 0 Å². The van der Waals surface area contributed by atoms with E-state index in [1.807, 2.05) is 23.6 Å². The number of H-pyrrole nitrogens is 1. The molecule has 0 atom stereocenters. The molecule has 7 heteroatoms. The summed E-state index contributed by atoms with van der Waals surface area (Å²) in [4.78, 5) is 19.0. The second kappa shape index (κ2) is 5.55. The van der Waals surface area contributed by atoms with Gasteiger partial charge in [0, 0.05) is 10.2 Å². The highest BCUT2D eigenvalue weighted by atomic mass is 79.9. The van der Waals surface area contributed by atoms with Crippen molar-refractivity contribution < 1.29 is 0 Å². The summed E-state index contributed by atoms with van der Waals surface area (Å²) in [6.45, 7) is 0.440. The van der Waals surface area contributed by atoms with Gasteiger partial charge < -0.3 is 10.3 Å². The van der Waals surface area contributed by atoms with Crippen LogP contribution in [-0.4, -0.2) is 9.97 Å². The fourth-order valence-corrected chi connectivity index (χ4v) is 3.02. The van der Waals surface area contributed by atoms with Crippen LogP contribution < -0.4 is 10.9 Å². The van der Waals surface area contributed by atoms with Crippen LogP contribution in [0, 0.1) is 0 Å². The van der Waals surface area contributed by atoms with Gasteiger partial charge in [0.1, 0.15) is 10.5 Å². The van der Waals surface area contributed by atoms with Crippen molar-refractivity contribution >= 4 is 54.8 Å². The Balaban J connectivity index is 1.82. The Hall–Kier alpha value is -1.37. The molecule has 0 fully saturated rings. The molecule has 3 rings (SSSR count). The summed E-state index contributed by atoms with van der Waals surface area (Å²) in [7, 11) is 0. The third kappa shape index (κ3) is 2.72. The Morgan fingerprint density at radius 2 is 2.25 bits per heavy atom. The summed E-state index contributed by atoms with van der Waals surface area (Å²) in [6, 6.07) is 7.39. The summed E-state index contributed by atoms with van der Waals surface area (Å²) in [5.74, 6) is 0.604. The smallest absolute Gasteiger partial charge is 0.268 e. The van der Waals surface area contributed by atoms with E-state index in [0.29, 0.717) is 22.1 Å². The molecule has 0 radical (unpaired) electrons. The van der Waals surface area contributed by atoms with Crippen molar-refractivity contribution in [1.82, 2.24) is 9.97 Å². The van der Waals surface area contributed by atoms with E-state index in [1.54, 1.807) is 6.07 Å². The first kappa shape index (κ1) is 13.6. The molecular weight excluding hydrogens is 362 g/mol. The highest BCUT2D eigenvalue weighted by Gasteiger charge is 2.05. The number of aromatic amines is 1. The van der Waals surface area contributed by atoms with Crippen LogP contribution in [0.4, 0.5) is 5.69 Å². The van der Waals surface area contributed by atoms with Crippen molar-refractivity contribution in [1.29, 1.82) is 0 Å². The molecule has 2 heterocycles. The monoisotopic (exact) mass is 369 g/mol. The van der Waals surface area contributed by atoms with Crippen LogP contribution in [0.15, 0.2) is 38.9 Å². The summed E-state index contributed by atoms with van der Waals surface area (Å²) in [6.07, 6.45) is 0. The van der Waals surface area contributed by atoms with Crippen LogP contribution in [0.2, 0.25) is 5.02 Å². The normalized spacial score (nSPS) is 10.9. The molecule has 0 unspecified atom stereocenters. The van der Waals surface area contributed by atoms with E-state index in [2.05, 4.69) is 31.2 Å². The van der Waals surface area contributed by atoms with Gasteiger partial charge in [-0.1, -0.05) is 11.6 Å². The molecule has 2 aromatic heterocycles. The molecule has 0 bridgehead atoms. The summed E-state index contributed by atoms with van der Waals surface area (Å²) in [5, 5.41) is 5.71. The van der Waals surface area contributed by atoms with E-state index >= 15 is 0 Å². The Morgan fingerprint density at radius 3 is 3.05 bits per heavy atom. The van der Waals surface area contributed by atoms with E-state index in [9.17, 15) is 4.79 Å². The van der Waals surface area contributed by atoms with Crippen molar-refractivity contribution in [3.8, 4) is 0 Å². The van der Waals surface area contributed by atoms with Gasteiger partial charge in [-0.25, -0.2) is 4.98 Å². The van der Waals surface area contributed by atoms with Crippen LogP contribution in [0.5, 0.6) is 0 Å². The van der Waals surface area contributed by atoms with Crippen molar-refractivity contribution in [2.45, 2.75) is 6.54 Å². The third-order valence-electron chi connectivity index (χ3n) is 2.74. The zero-order valence-corrected chi connectivity index (χ0v) is 13.3. The maximum absolute atomic E-state index is 11.8. The van der Waals surface area contributed by atoms with Gasteiger partial charge in [0.25, 0.3) is 5.56 Å². The molecule has 2 N–H and O–H groups in total. The van der Waals surface area contributed by atoms with Gasteiger partial charge >= 0.3 is 0 Å². The number of fused-ring (bicyclic) bond motifs is 1. The molecule has 20 heavy (non-hydrogen) atoms. The van der Waals surface area contributed by atoms with E-state index < -0.39 is 0 Å². The van der Waals surface area contributed by atoms with Gasteiger partial charge in [0.15, 0.2) is 0 Å². The number of thiophene rings is 1. The van der Waals surface area contributed by atoms with Gasteiger partial charge in [-0.3, -0.25) is 4.79 Å². The average Bonchev–Trinajstić information content (AvgIpc) is 2.89. The maximum Gasteiger partial charge on any atom is 0.268 e. The summed E-state index contributed by atoms with van der Waals surface area (Å²) < 4.78 is 1.47. The molecule has 0 spiro atoms. The summed E-state index contributed by atoms with van der Waals surface area (Å²) in [5.41, 5.74) is 1.53. The molecule has 3 aromatic rings. The second-order valence-electron chi connectivity index (χ2n) is 4.13. The lowest BCUT2D eigenvalue weighted by molar-refractivity contribution is 0.955. The van der Waals surface area contributed by atoms with Crippen molar-refractivity contribution in [2.75, 3.05) is 5.32 Å². The van der Waals surface area contributed by atoms with Crippen LogP contribution in [0.3, 0.4) is 0 Å². The lowest BCUT2D eigenvalue weighted by Crippen LogP contribution is -2.13. The first-order valence-electron chi connectivity index (χ1n) is 5.79. The number of aromatic nitrogens is 2. The van der Waals surface area contributed by atoms with Crippen LogP contribution >= 0.6 is 38.9 Å². The highest BCUT2D eigenvalue weighted by molar-refractivity contribution is 9.10. The van der Waals surface area contributed by atoms with Gasteiger partial charge in [0.2, 0.25) is 0 Å². The summed E-state index contributed by atoms with van der Waals surface area (Å²) >= 11 is 10.7. The molecule has 0 saturated heterocycles. The predicted molar refractivity (Wildman–Crippen MR) is 86.7 cm³/mol. The first-order chi connectivity index (χ1) is 9.63. The number of halogens is 2. The van der Waals surface area contributed by atoms with Gasteiger partial charge in [-0.15, -0.1) is 11.3 Å². The van der Waals surface area contributed by atoms with Crippen molar-refractivity contribution in [3.63, 3.8) is 0 Å². The second-order valence-corrected chi connectivity index (χ2v) is 6.31. The number of nitrogens with one attached hydrogen (secondary N) is 2. The molecule has 102 valence electrons. The zero-order valence-electron chi connectivity index (χ0n) is 10.1. The fraction of sp³-hybridized carbons (Fsp3) is 0.0769. The minimum Gasteiger partial charge on any atom is -0.378 e. The fourth-order valence-electron chi connectivity index (χ4n) is 1.80. The maximum atomic E-state index is 11.8. The SMILES string of the molecule is O=c1[nH]c(CNc2ccc(Cl)c(Br)c2)nc2ccsc12. The Labute approximate surface area is 131 Å². The lowest BCUT2D eigenvalue weighted by atomic mass is 10.3. The zero-order chi connectivity index (χ0) is 14.1. The van der Waals surface area contributed by atoms with Crippen LogP contribution in [0.1, 0.15) is 5.82 Å². The van der Waals surface area contributed by atoms with E-state index in [1.165, 1.54) is 11.3 Å². The molecule has 0 amide bonds. The predicted octanol–water partition coefficient (Wildman–Crippen LogP) is 4.01. The molecule has 1 aromatic carbocycles. The van der Waals surface area contributed by atoms with Crippen LogP contribution in [-0.2, 0) is 6.54 Å². The molecule has 0 aliphatic rings. The highest BCUT2D eigenvalue weighted by Crippen LogP contribution is 2.25. The molecule has 0 aliphatic carbocycles. The van der Waals surface area contributed by atoms with Gasteiger partial charge in [-0.05, 0) is 45.6 Å². The Bertz CT molecular complexity index is 830. The molecule has 0 aliphatic heterocycles. The van der Waals surface area contributed by atoms with Gasteiger partial charge in [-0.2, -0.15) is 0 Å². The van der Waals surface area contributed by atoms with E-state index in [0.717, 1.165) is 15.7 Å². The molecular formula is C13H9BrClN3OS. The van der Waals surface area contributed by atoms with E-state index in [-0.39, 0.29) is 5.56 Å². The number of benzene rings is 1.